The van der Waals surface area contributed by atoms with E-state index in [4.69, 9.17) is 10.8 Å². The van der Waals surface area contributed by atoms with Crippen LogP contribution in [0, 0.1) is 6.92 Å². The number of aryl methyl sites for hydroxylation is 2. The fraction of sp³-hybridized carbons (Fsp3) is 0.556. The van der Waals surface area contributed by atoms with Crippen LogP contribution in [-0.4, -0.2) is 27.4 Å². The molecule has 1 atom stereocenters. The van der Waals surface area contributed by atoms with Crippen molar-refractivity contribution in [3.63, 3.8) is 0 Å². The van der Waals surface area contributed by atoms with Gasteiger partial charge in [-0.05, 0) is 22.9 Å². The van der Waals surface area contributed by atoms with E-state index in [1.165, 1.54) is 0 Å². The zero-order valence-corrected chi connectivity index (χ0v) is 10.3. The molecule has 1 aromatic heterocycles. The zero-order valence-electron chi connectivity index (χ0n) is 8.70. The molecule has 1 aromatic rings. The van der Waals surface area contributed by atoms with Crippen LogP contribution in [0.15, 0.2) is 4.47 Å². The molecule has 3 N–H and O–H groups in total. The van der Waals surface area contributed by atoms with Crippen LogP contribution >= 0.6 is 15.9 Å². The Labute approximate surface area is 96.4 Å². The van der Waals surface area contributed by atoms with E-state index in [0.29, 0.717) is 6.54 Å². The molecule has 1 unspecified atom stereocenters. The maximum atomic E-state index is 10.7. The molecule has 6 heteroatoms. The van der Waals surface area contributed by atoms with E-state index in [2.05, 4.69) is 21.0 Å². The summed E-state index contributed by atoms with van der Waals surface area (Å²) >= 11 is 3.40. The summed E-state index contributed by atoms with van der Waals surface area (Å²) in [5.41, 5.74) is 7.26. The van der Waals surface area contributed by atoms with E-state index in [1.807, 2.05) is 6.92 Å². The van der Waals surface area contributed by atoms with Crippen molar-refractivity contribution in [1.82, 2.24) is 9.78 Å². The molecule has 0 saturated heterocycles. The highest BCUT2D eigenvalue weighted by molar-refractivity contribution is 9.10. The molecule has 0 radical (unpaired) electrons. The van der Waals surface area contributed by atoms with Gasteiger partial charge in [-0.15, -0.1) is 0 Å². The molecule has 5 nitrogen and oxygen atoms in total. The van der Waals surface area contributed by atoms with Crippen molar-refractivity contribution >= 4 is 21.9 Å². The Kier molecular flexibility index (Phi) is 3.87. The summed E-state index contributed by atoms with van der Waals surface area (Å²) in [6.07, 6.45) is 0.0219. The van der Waals surface area contributed by atoms with Gasteiger partial charge in [0.25, 0.3) is 0 Å². The van der Waals surface area contributed by atoms with E-state index in [9.17, 15) is 4.79 Å². The standard InChI is InChI=1S/C9H14BrN3O2/c1-5-8(10)9(13(2)12-5)6(4-11)3-7(14)15/h6H,3-4,11H2,1-2H3,(H,14,15). The summed E-state index contributed by atoms with van der Waals surface area (Å²) in [5.74, 6) is -1.06. The van der Waals surface area contributed by atoms with Gasteiger partial charge >= 0.3 is 5.97 Å². The molecule has 84 valence electrons. The van der Waals surface area contributed by atoms with Gasteiger partial charge in [-0.2, -0.15) is 5.10 Å². The van der Waals surface area contributed by atoms with Gasteiger partial charge in [0.2, 0.25) is 0 Å². The van der Waals surface area contributed by atoms with Gasteiger partial charge in [0.15, 0.2) is 0 Å². The third-order valence-electron chi connectivity index (χ3n) is 2.28. The fourth-order valence-electron chi connectivity index (χ4n) is 1.60. The van der Waals surface area contributed by atoms with Crippen LogP contribution in [-0.2, 0) is 11.8 Å². The molecular weight excluding hydrogens is 262 g/mol. The van der Waals surface area contributed by atoms with Crippen molar-refractivity contribution in [2.75, 3.05) is 6.54 Å². The molecular formula is C9H14BrN3O2. The van der Waals surface area contributed by atoms with Crippen molar-refractivity contribution in [1.29, 1.82) is 0 Å². The summed E-state index contributed by atoms with van der Waals surface area (Å²) in [6, 6.07) is 0. The average Bonchev–Trinajstić information content (AvgIpc) is 2.38. The van der Waals surface area contributed by atoms with Gasteiger partial charge < -0.3 is 10.8 Å². The molecule has 0 aromatic carbocycles. The lowest BCUT2D eigenvalue weighted by atomic mass is 10.0. The van der Waals surface area contributed by atoms with Crippen LogP contribution in [0.1, 0.15) is 23.7 Å². The number of nitrogens with zero attached hydrogens (tertiary/aromatic N) is 2. The maximum Gasteiger partial charge on any atom is 0.304 e. The molecule has 0 aliphatic carbocycles. The summed E-state index contributed by atoms with van der Waals surface area (Å²) in [5, 5.41) is 13.0. The van der Waals surface area contributed by atoms with Crippen molar-refractivity contribution in [3.8, 4) is 0 Å². The summed E-state index contributed by atoms with van der Waals surface area (Å²) in [4.78, 5) is 10.7. The van der Waals surface area contributed by atoms with Crippen LogP contribution in [0.3, 0.4) is 0 Å². The number of nitrogens with two attached hydrogens (primary N) is 1. The number of carboxylic acid groups (broad SMARTS) is 1. The molecule has 0 saturated carbocycles. The molecule has 1 rings (SSSR count). The van der Waals surface area contributed by atoms with Gasteiger partial charge in [0.05, 0.1) is 22.3 Å². The Hall–Kier alpha value is -0.880. The molecule has 0 spiro atoms. The Bertz CT molecular complexity index is 376. The molecule has 1 heterocycles. The first kappa shape index (κ1) is 12.2. The van der Waals surface area contributed by atoms with E-state index < -0.39 is 5.97 Å². The van der Waals surface area contributed by atoms with Crippen molar-refractivity contribution in [2.24, 2.45) is 12.8 Å². The van der Waals surface area contributed by atoms with Crippen molar-refractivity contribution in [3.05, 3.63) is 15.9 Å². The first-order valence-electron chi connectivity index (χ1n) is 4.58. The third kappa shape index (κ3) is 2.57. The van der Waals surface area contributed by atoms with E-state index in [0.717, 1.165) is 15.9 Å². The highest BCUT2D eigenvalue weighted by Crippen LogP contribution is 2.28. The van der Waals surface area contributed by atoms with Crippen molar-refractivity contribution < 1.29 is 9.90 Å². The monoisotopic (exact) mass is 275 g/mol. The van der Waals surface area contributed by atoms with Gasteiger partial charge in [0.1, 0.15) is 0 Å². The number of aliphatic carboxylic acids is 1. The van der Waals surface area contributed by atoms with E-state index in [-0.39, 0.29) is 12.3 Å². The highest BCUT2D eigenvalue weighted by atomic mass is 79.9. The first-order chi connectivity index (χ1) is 6.97. The number of carboxylic acids is 1. The molecule has 0 aliphatic rings. The third-order valence-corrected chi connectivity index (χ3v) is 3.26. The predicted octanol–water partition coefficient (Wildman–Crippen LogP) is 1.01. The molecule has 0 fully saturated rings. The Morgan fingerprint density at radius 2 is 2.33 bits per heavy atom. The smallest absolute Gasteiger partial charge is 0.304 e. The maximum absolute atomic E-state index is 10.7. The van der Waals surface area contributed by atoms with Crippen LogP contribution in [0.4, 0.5) is 0 Å². The number of carbonyl (C=O) groups is 1. The normalized spacial score (nSPS) is 12.8. The van der Waals surface area contributed by atoms with Gasteiger partial charge in [0, 0.05) is 19.5 Å². The largest absolute Gasteiger partial charge is 0.481 e. The number of hydrogen-bond donors (Lipinski definition) is 2. The van der Waals surface area contributed by atoms with Crippen LogP contribution in [0.25, 0.3) is 0 Å². The lowest BCUT2D eigenvalue weighted by Gasteiger charge is -2.13. The molecule has 0 amide bonds. The second-order valence-electron chi connectivity index (χ2n) is 3.44. The number of aromatic nitrogens is 2. The summed E-state index contributed by atoms with van der Waals surface area (Å²) in [7, 11) is 1.79. The number of hydrogen-bond acceptors (Lipinski definition) is 3. The second kappa shape index (κ2) is 4.76. The Morgan fingerprint density at radius 3 is 2.67 bits per heavy atom. The highest BCUT2D eigenvalue weighted by Gasteiger charge is 2.22. The molecule has 0 aliphatic heterocycles. The summed E-state index contributed by atoms with van der Waals surface area (Å²) in [6.45, 7) is 2.16. The zero-order chi connectivity index (χ0) is 11.6. The van der Waals surface area contributed by atoms with E-state index in [1.54, 1.807) is 11.7 Å². The van der Waals surface area contributed by atoms with Gasteiger partial charge in [-0.3, -0.25) is 9.48 Å². The predicted molar refractivity (Wildman–Crippen MR) is 59.7 cm³/mol. The minimum atomic E-state index is -0.851. The van der Waals surface area contributed by atoms with Crippen LogP contribution in [0.2, 0.25) is 0 Å². The van der Waals surface area contributed by atoms with Gasteiger partial charge in [-0.25, -0.2) is 0 Å². The minimum Gasteiger partial charge on any atom is -0.481 e. The SMILES string of the molecule is Cc1nn(C)c(C(CN)CC(=O)O)c1Br. The lowest BCUT2D eigenvalue weighted by Crippen LogP contribution is -2.19. The first-order valence-corrected chi connectivity index (χ1v) is 5.37. The number of halogens is 1. The van der Waals surface area contributed by atoms with Crippen LogP contribution < -0.4 is 5.73 Å². The quantitative estimate of drug-likeness (QED) is 0.859. The number of rotatable bonds is 4. The minimum absolute atomic E-state index is 0.0219. The summed E-state index contributed by atoms with van der Waals surface area (Å²) < 4.78 is 2.53. The fourth-order valence-corrected chi connectivity index (χ4v) is 2.26. The van der Waals surface area contributed by atoms with Crippen LogP contribution in [0.5, 0.6) is 0 Å². The van der Waals surface area contributed by atoms with E-state index >= 15 is 0 Å². The average molecular weight is 276 g/mol. The Morgan fingerprint density at radius 1 is 1.73 bits per heavy atom. The lowest BCUT2D eigenvalue weighted by molar-refractivity contribution is -0.137. The Balaban J connectivity index is 3.06. The second-order valence-corrected chi connectivity index (χ2v) is 4.23. The molecule has 0 bridgehead atoms. The topological polar surface area (TPSA) is 81.1 Å². The van der Waals surface area contributed by atoms with Crippen molar-refractivity contribution in [2.45, 2.75) is 19.3 Å². The molecule has 15 heavy (non-hydrogen) atoms. The van der Waals surface area contributed by atoms with Gasteiger partial charge in [-0.1, -0.05) is 0 Å².